The predicted molar refractivity (Wildman–Crippen MR) is 112 cm³/mol. The van der Waals surface area contributed by atoms with Gasteiger partial charge in [-0.15, -0.1) is 0 Å². The molecule has 1 aromatic rings. The molecule has 26 heavy (non-hydrogen) atoms. The zero-order chi connectivity index (χ0) is 19.4. The van der Waals surface area contributed by atoms with E-state index in [1.807, 2.05) is 0 Å². The first-order valence-electron chi connectivity index (χ1n) is 8.60. The Hall–Kier alpha value is -0.810. The first-order chi connectivity index (χ1) is 12.3. The van der Waals surface area contributed by atoms with E-state index in [1.54, 1.807) is 12.1 Å². The minimum absolute atomic E-state index is 0.0744. The second kappa shape index (κ2) is 12.6. The summed E-state index contributed by atoms with van der Waals surface area (Å²) in [5, 5.41) is 3.72. The van der Waals surface area contributed by atoms with E-state index in [1.165, 1.54) is 31.4 Å². The Labute approximate surface area is 166 Å². The number of ether oxygens (including phenoxy) is 1. The van der Waals surface area contributed by atoms with Crippen LogP contribution in [0, 0.1) is 0 Å². The molecule has 0 heterocycles. The van der Waals surface area contributed by atoms with Gasteiger partial charge in [0.2, 0.25) is 0 Å². The Balaban J connectivity index is 2.43. The van der Waals surface area contributed by atoms with Gasteiger partial charge in [-0.1, -0.05) is 39.0 Å². The van der Waals surface area contributed by atoms with Crippen LogP contribution in [0.5, 0.6) is 0 Å². The van der Waals surface area contributed by atoms with Crippen molar-refractivity contribution in [3.63, 3.8) is 0 Å². The van der Waals surface area contributed by atoms with E-state index in [9.17, 15) is 13.2 Å². The van der Waals surface area contributed by atoms with Crippen molar-refractivity contribution in [2.75, 3.05) is 11.7 Å². The molecule has 0 fully saturated rings. The number of esters is 1. The SMILES string of the molecule is CCCCCCCCOC(=O)C=CS(=O)(=O)c1ccc(N[PH2](Cl)Cl)cc1. The molecule has 1 N–H and O–H groups in total. The summed E-state index contributed by atoms with van der Waals surface area (Å²) in [5.41, 5.74) is 0.646. The normalized spacial score (nSPS) is 12.2. The van der Waals surface area contributed by atoms with E-state index in [0.717, 1.165) is 30.7 Å². The molecule has 148 valence electrons. The molecule has 9 heteroatoms. The molecule has 0 aliphatic heterocycles. The number of carbonyl (C=O) groups excluding carboxylic acids is 1. The standard InChI is InChI=1S/C17H26Cl2NO4PS/c1-2-3-4-5-6-7-13-24-17(21)12-14-26(22,23)16-10-8-15(9-11-16)20-25(18)19/h8-12,14,20H,2-7,13,25H2,1H3. The summed E-state index contributed by atoms with van der Waals surface area (Å²) in [6.45, 7) is 0.425. The molecule has 0 saturated carbocycles. The number of rotatable bonds is 12. The molecule has 0 aliphatic carbocycles. The van der Waals surface area contributed by atoms with Crippen LogP contribution in [0.15, 0.2) is 40.6 Å². The van der Waals surface area contributed by atoms with Crippen molar-refractivity contribution in [3.8, 4) is 0 Å². The number of anilines is 1. The molecular weight excluding hydrogens is 416 g/mol. The maximum atomic E-state index is 12.2. The van der Waals surface area contributed by atoms with Gasteiger partial charge in [0.25, 0.3) is 0 Å². The van der Waals surface area contributed by atoms with Crippen LogP contribution in [0.25, 0.3) is 0 Å². The van der Waals surface area contributed by atoms with E-state index in [-0.39, 0.29) is 4.90 Å². The molecule has 0 aromatic heterocycles. The number of unbranched alkanes of at least 4 members (excludes halogenated alkanes) is 5. The molecule has 0 aliphatic rings. The molecule has 0 bridgehead atoms. The van der Waals surface area contributed by atoms with Crippen LogP contribution < -0.4 is 5.09 Å². The topological polar surface area (TPSA) is 72.5 Å². The zero-order valence-corrected chi connectivity index (χ0v) is 18.3. The summed E-state index contributed by atoms with van der Waals surface area (Å²) in [6.07, 6.45) is 7.46. The van der Waals surface area contributed by atoms with Gasteiger partial charge in [-0.05, 0) is 0 Å². The number of sulfone groups is 1. The molecule has 5 nitrogen and oxygen atoms in total. The van der Waals surface area contributed by atoms with Gasteiger partial charge in [0, 0.05) is 0 Å². The number of hydrogen-bond donors (Lipinski definition) is 1. The summed E-state index contributed by atoms with van der Waals surface area (Å²) in [4.78, 5) is 11.7. The minimum atomic E-state index is -3.71. The van der Waals surface area contributed by atoms with Gasteiger partial charge < -0.3 is 0 Å². The maximum absolute atomic E-state index is 12.2. The summed E-state index contributed by atoms with van der Waals surface area (Å²) in [7, 11) is -3.71. The van der Waals surface area contributed by atoms with Crippen LogP contribution >= 0.6 is 29.3 Å². The Morgan fingerprint density at radius 3 is 2.35 bits per heavy atom. The van der Waals surface area contributed by atoms with Crippen LogP contribution in [0.3, 0.4) is 0 Å². The monoisotopic (exact) mass is 441 g/mol. The van der Waals surface area contributed by atoms with Crippen molar-refractivity contribution in [1.29, 1.82) is 0 Å². The number of carbonyl (C=O) groups is 1. The molecule has 0 unspecified atom stereocenters. The van der Waals surface area contributed by atoms with Gasteiger partial charge in [0.1, 0.15) is 0 Å². The first-order valence-corrected chi connectivity index (χ1v) is 14.2. The van der Waals surface area contributed by atoms with Gasteiger partial charge in [-0.3, -0.25) is 0 Å². The van der Waals surface area contributed by atoms with Crippen molar-refractivity contribution in [1.82, 2.24) is 0 Å². The van der Waals surface area contributed by atoms with Gasteiger partial charge in [-0.2, -0.15) is 0 Å². The van der Waals surface area contributed by atoms with Crippen molar-refractivity contribution in [2.24, 2.45) is 0 Å². The third-order valence-electron chi connectivity index (χ3n) is 3.58. The summed E-state index contributed by atoms with van der Waals surface area (Å²) in [5.74, 6) is -0.654. The fraction of sp³-hybridized carbons (Fsp3) is 0.471. The molecule has 1 aromatic carbocycles. The van der Waals surface area contributed by atoms with Crippen LogP contribution in [0.1, 0.15) is 45.4 Å². The van der Waals surface area contributed by atoms with Gasteiger partial charge >= 0.3 is 127 Å². The average molecular weight is 442 g/mol. The van der Waals surface area contributed by atoms with E-state index in [4.69, 9.17) is 27.2 Å². The van der Waals surface area contributed by atoms with Crippen LogP contribution in [-0.2, 0) is 19.4 Å². The second-order valence-corrected chi connectivity index (χ2v) is 11.8. The Bertz CT molecular complexity index is 679. The van der Waals surface area contributed by atoms with E-state index >= 15 is 0 Å². The van der Waals surface area contributed by atoms with Gasteiger partial charge in [0.05, 0.1) is 0 Å². The van der Waals surface area contributed by atoms with Crippen molar-refractivity contribution >= 4 is 50.8 Å². The third-order valence-corrected chi connectivity index (χ3v) is 6.21. The number of halogens is 2. The van der Waals surface area contributed by atoms with E-state index < -0.39 is 22.6 Å². The number of benzene rings is 1. The molecule has 0 saturated heterocycles. The Kier molecular flexibility index (Phi) is 11.2. The zero-order valence-electron chi connectivity index (χ0n) is 14.8. The fourth-order valence-electron chi connectivity index (χ4n) is 2.19. The quantitative estimate of drug-likeness (QED) is 0.202. The fourth-order valence-corrected chi connectivity index (χ4v) is 4.36. The van der Waals surface area contributed by atoms with E-state index in [2.05, 4.69) is 12.0 Å². The van der Waals surface area contributed by atoms with Gasteiger partial charge in [-0.25, -0.2) is 0 Å². The van der Waals surface area contributed by atoms with E-state index in [0.29, 0.717) is 12.3 Å². The van der Waals surface area contributed by atoms with Crippen LogP contribution in [0.4, 0.5) is 5.69 Å². The summed E-state index contributed by atoms with van der Waals surface area (Å²) < 4.78 is 29.4. The molecule has 0 radical (unpaired) electrons. The third kappa shape index (κ3) is 9.77. The Morgan fingerprint density at radius 2 is 1.73 bits per heavy atom. The average Bonchev–Trinajstić information content (AvgIpc) is 2.59. The number of hydrogen-bond acceptors (Lipinski definition) is 5. The summed E-state index contributed by atoms with van der Waals surface area (Å²) >= 11 is 11.4. The first kappa shape index (κ1) is 23.2. The van der Waals surface area contributed by atoms with Gasteiger partial charge in [0.15, 0.2) is 0 Å². The Morgan fingerprint density at radius 1 is 1.12 bits per heavy atom. The molecular formula is C17H26Cl2NO4PS. The van der Waals surface area contributed by atoms with Crippen LogP contribution in [-0.4, -0.2) is 21.0 Å². The predicted octanol–water partition coefficient (Wildman–Crippen LogP) is 5.46. The summed E-state index contributed by atoms with van der Waals surface area (Å²) in [6, 6.07) is 5.99. The molecule has 1 rings (SSSR count). The molecule has 0 spiro atoms. The van der Waals surface area contributed by atoms with Crippen molar-refractivity contribution in [2.45, 2.75) is 50.3 Å². The second-order valence-electron chi connectivity index (χ2n) is 5.75. The van der Waals surface area contributed by atoms with Crippen molar-refractivity contribution in [3.05, 3.63) is 35.7 Å². The molecule has 0 amide bonds. The number of nitrogens with one attached hydrogen (secondary N) is 1. The van der Waals surface area contributed by atoms with Crippen LogP contribution in [0.2, 0.25) is 0 Å². The van der Waals surface area contributed by atoms with Crippen molar-refractivity contribution < 1.29 is 17.9 Å². The molecule has 0 atom stereocenters.